The SMILES string of the molecule is COC(=O)COc1ccccc1N1CCCC(NC(=O)c2sc(-c3ccc(Cl)cc3)nc2C)C1. The topological polar surface area (TPSA) is 80.8 Å². The standard InChI is InChI=1S/C25H26ClN3O4S/c1-16-23(34-25(27-16)17-9-11-18(26)12-10-17)24(31)28-19-6-5-13-29(14-19)20-7-3-4-8-21(20)33-15-22(30)32-2/h3-4,7-12,19H,5-6,13-15H2,1-2H3,(H,28,31). The summed E-state index contributed by atoms with van der Waals surface area (Å²) in [4.78, 5) is 32.0. The minimum atomic E-state index is -0.434. The summed E-state index contributed by atoms with van der Waals surface area (Å²) in [5.41, 5.74) is 2.54. The molecule has 34 heavy (non-hydrogen) atoms. The largest absolute Gasteiger partial charge is 0.480 e. The molecular weight excluding hydrogens is 474 g/mol. The van der Waals surface area contributed by atoms with E-state index in [1.165, 1.54) is 18.4 Å². The molecule has 1 aliphatic heterocycles. The van der Waals surface area contributed by atoms with Crippen LogP contribution < -0.4 is 15.0 Å². The molecule has 7 nitrogen and oxygen atoms in total. The van der Waals surface area contributed by atoms with Crippen molar-refractivity contribution in [2.75, 3.05) is 31.7 Å². The highest BCUT2D eigenvalue weighted by Crippen LogP contribution is 2.31. The van der Waals surface area contributed by atoms with Gasteiger partial charge >= 0.3 is 5.97 Å². The molecule has 4 rings (SSSR count). The number of aryl methyl sites for hydroxylation is 1. The third-order valence-electron chi connectivity index (χ3n) is 5.63. The van der Waals surface area contributed by atoms with Crippen LogP contribution in [0.3, 0.4) is 0 Å². The van der Waals surface area contributed by atoms with E-state index in [0.717, 1.165) is 35.6 Å². The van der Waals surface area contributed by atoms with E-state index in [1.54, 1.807) is 0 Å². The van der Waals surface area contributed by atoms with Gasteiger partial charge in [-0.2, -0.15) is 0 Å². The summed E-state index contributed by atoms with van der Waals surface area (Å²) in [6.45, 7) is 3.19. The molecule has 1 atom stereocenters. The van der Waals surface area contributed by atoms with Crippen molar-refractivity contribution < 1.29 is 19.1 Å². The monoisotopic (exact) mass is 499 g/mol. The number of piperidine rings is 1. The van der Waals surface area contributed by atoms with Crippen LogP contribution in [-0.2, 0) is 9.53 Å². The molecule has 1 aliphatic rings. The second kappa shape index (κ2) is 10.9. The van der Waals surface area contributed by atoms with Gasteiger partial charge in [0.1, 0.15) is 15.6 Å². The van der Waals surface area contributed by atoms with Crippen LogP contribution in [0.25, 0.3) is 10.6 Å². The molecule has 0 bridgehead atoms. The lowest BCUT2D eigenvalue weighted by atomic mass is 10.0. The number of rotatable bonds is 7. The summed E-state index contributed by atoms with van der Waals surface area (Å²) < 4.78 is 10.3. The van der Waals surface area contributed by atoms with Crippen molar-refractivity contribution >= 4 is 40.5 Å². The molecule has 0 saturated carbocycles. The fourth-order valence-corrected chi connectivity index (χ4v) is 5.02. The van der Waals surface area contributed by atoms with Crippen LogP contribution in [0.2, 0.25) is 5.02 Å². The molecule has 1 saturated heterocycles. The number of carbonyl (C=O) groups excluding carboxylic acids is 2. The van der Waals surface area contributed by atoms with Crippen molar-refractivity contribution in [2.24, 2.45) is 0 Å². The molecule has 0 aliphatic carbocycles. The lowest BCUT2D eigenvalue weighted by Gasteiger charge is -2.35. The number of anilines is 1. The Morgan fingerprint density at radius 3 is 2.74 bits per heavy atom. The van der Waals surface area contributed by atoms with Gasteiger partial charge in [0.2, 0.25) is 0 Å². The van der Waals surface area contributed by atoms with Gasteiger partial charge in [-0.1, -0.05) is 35.9 Å². The van der Waals surface area contributed by atoms with Gasteiger partial charge in [-0.15, -0.1) is 11.3 Å². The minimum Gasteiger partial charge on any atom is -0.480 e. The van der Waals surface area contributed by atoms with Crippen molar-refractivity contribution in [3.05, 3.63) is 64.1 Å². The Balaban J connectivity index is 1.43. The number of thiazole rings is 1. The van der Waals surface area contributed by atoms with Crippen LogP contribution in [-0.4, -0.2) is 49.7 Å². The number of nitrogens with one attached hydrogen (secondary N) is 1. The summed E-state index contributed by atoms with van der Waals surface area (Å²) in [5, 5.41) is 4.64. The highest BCUT2D eigenvalue weighted by molar-refractivity contribution is 7.17. The molecule has 2 heterocycles. The van der Waals surface area contributed by atoms with Gasteiger partial charge in [0.15, 0.2) is 6.61 Å². The lowest BCUT2D eigenvalue weighted by molar-refractivity contribution is -0.142. The molecule has 3 aromatic rings. The Bertz CT molecular complexity index is 1170. The number of ether oxygens (including phenoxy) is 2. The fraction of sp³-hybridized carbons (Fsp3) is 0.320. The Labute approximate surface area is 207 Å². The van der Waals surface area contributed by atoms with E-state index >= 15 is 0 Å². The van der Waals surface area contributed by atoms with E-state index in [2.05, 4.69) is 19.9 Å². The third kappa shape index (κ3) is 5.69. The molecule has 1 aromatic heterocycles. The zero-order chi connectivity index (χ0) is 24.1. The molecule has 2 aromatic carbocycles. The van der Waals surface area contributed by atoms with Gasteiger partial charge in [-0.3, -0.25) is 4.79 Å². The molecular formula is C25H26ClN3O4S. The fourth-order valence-electron chi connectivity index (χ4n) is 3.92. The molecule has 1 amide bonds. The number of carbonyl (C=O) groups is 2. The average Bonchev–Trinajstić information content (AvgIpc) is 3.25. The van der Waals surface area contributed by atoms with Crippen LogP contribution in [0.4, 0.5) is 5.69 Å². The van der Waals surface area contributed by atoms with Gasteiger partial charge in [0, 0.05) is 29.7 Å². The van der Waals surface area contributed by atoms with E-state index in [9.17, 15) is 9.59 Å². The third-order valence-corrected chi connectivity index (χ3v) is 7.09. The normalized spacial score (nSPS) is 15.6. The van der Waals surface area contributed by atoms with E-state index in [4.69, 9.17) is 16.3 Å². The van der Waals surface area contributed by atoms with Crippen molar-refractivity contribution in [3.8, 4) is 16.3 Å². The molecule has 0 radical (unpaired) electrons. The number of para-hydroxylation sites is 2. The van der Waals surface area contributed by atoms with E-state index in [-0.39, 0.29) is 18.6 Å². The summed E-state index contributed by atoms with van der Waals surface area (Å²) in [7, 11) is 1.33. The maximum absolute atomic E-state index is 13.1. The smallest absolute Gasteiger partial charge is 0.343 e. The van der Waals surface area contributed by atoms with Gasteiger partial charge < -0.3 is 19.7 Å². The zero-order valence-electron chi connectivity index (χ0n) is 19.0. The molecule has 1 unspecified atom stereocenters. The molecule has 1 N–H and O–H groups in total. The van der Waals surface area contributed by atoms with Crippen LogP contribution in [0, 0.1) is 6.92 Å². The second-order valence-electron chi connectivity index (χ2n) is 8.03. The number of esters is 1. The summed E-state index contributed by atoms with van der Waals surface area (Å²) in [6, 6.07) is 15.0. The van der Waals surface area contributed by atoms with Gasteiger partial charge in [0.05, 0.1) is 18.5 Å². The van der Waals surface area contributed by atoms with Gasteiger partial charge in [-0.05, 0) is 44.0 Å². The highest BCUT2D eigenvalue weighted by atomic mass is 35.5. The minimum absolute atomic E-state index is 0.0182. The highest BCUT2D eigenvalue weighted by Gasteiger charge is 2.25. The predicted octanol–water partition coefficient (Wildman–Crippen LogP) is 4.72. The summed E-state index contributed by atoms with van der Waals surface area (Å²) in [5.74, 6) is 0.0690. The molecule has 178 valence electrons. The first kappa shape index (κ1) is 24.0. The Kier molecular flexibility index (Phi) is 7.70. The Morgan fingerprint density at radius 2 is 1.97 bits per heavy atom. The van der Waals surface area contributed by atoms with Crippen LogP contribution in [0.15, 0.2) is 48.5 Å². The summed E-state index contributed by atoms with van der Waals surface area (Å²) in [6.07, 6.45) is 1.81. The predicted molar refractivity (Wildman–Crippen MR) is 134 cm³/mol. The maximum Gasteiger partial charge on any atom is 0.343 e. The summed E-state index contributed by atoms with van der Waals surface area (Å²) >= 11 is 7.37. The van der Waals surface area contributed by atoms with E-state index < -0.39 is 5.97 Å². The number of hydrogen-bond acceptors (Lipinski definition) is 7. The average molecular weight is 500 g/mol. The van der Waals surface area contributed by atoms with Crippen LogP contribution >= 0.6 is 22.9 Å². The van der Waals surface area contributed by atoms with Crippen LogP contribution in [0.1, 0.15) is 28.2 Å². The first-order valence-electron chi connectivity index (χ1n) is 11.0. The first-order chi connectivity index (χ1) is 16.4. The number of nitrogens with zero attached hydrogens (tertiary/aromatic N) is 2. The molecule has 1 fully saturated rings. The second-order valence-corrected chi connectivity index (χ2v) is 9.47. The van der Waals surface area contributed by atoms with Crippen molar-refractivity contribution in [3.63, 3.8) is 0 Å². The number of hydrogen-bond donors (Lipinski definition) is 1. The number of benzene rings is 2. The number of amides is 1. The molecule has 0 spiro atoms. The quantitative estimate of drug-likeness (QED) is 0.474. The van der Waals surface area contributed by atoms with Gasteiger partial charge in [-0.25, -0.2) is 9.78 Å². The van der Waals surface area contributed by atoms with Crippen molar-refractivity contribution in [2.45, 2.75) is 25.8 Å². The van der Waals surface area contributed by atoms with Crippen molar-refractivity contribution in [1.82, 2.24) is 10.3 Å². The lowest BCUT2D eigenvalue weighted by Crippen LogP contribution is -2.47. The van der Waals surface area contributed by atoms with E-state index in [1.807, 2.05) is 55.5 Å². The first-order valence-corrected chi connectivity index (χ1v) is 12.2. The zero-order valence-corrected chi connectivity index (χ0v) is 20.6. The molecule has 9 heteroatoms. The number of methoxy groups -OCH3 is 1. The Hall–Kier alpha value is -3.10. The van der Waals surface area contributed by atoms with E-state index in [0.29, 0.717) is 27.9 Å². The van der Waals surface area contributed by atoms with Crippen molar-refractivity contribution in [1.29, 1.82) is 0 Å². The maximum atomic E-state index is 13.1. The van der Waals surface area contributed by atoms with Crippen LogP contribution in [0.5, 0.6) is 5.75 Å². The number of halogens is 1. The Morgan fingerprint density at radius 1 is 1.21 bits per heavy atom. The van der Waals surface area contributed by atoms with Gasteiger partial charge in [0.25, 0.3) is 5.91 Å². The number of aromatic nitrogens is 1.